The summed E-state index contributed by atoms with van der Waals surface area (Å²) in [6, 6.07) is 26.1. The van der Waals surface area contributed by atoms with Crippen molar-refractivity contribution in [3.63, 3.8) is 0 Å². The average Bonchev–Trinajstić information content (AvgIpc) is 2.58. The maximum atomic E-state index is 2.37. The lowest BCUT2D eigenvalue weighted by molar-refractivity contribution is 1.08. The highest BCUT2D eigenvalue weighted by molar-refractivity contribution is 5.69. The Morgan fingerprint density at radius 2 is 1.36 bits per heavy atom. The average molecular weight is 286 g/mol. The fourth-order valence-corrected chi connectivity index (χ4v) is 3.06. The second-order valence-corrected chi connectivity index (χ2v) is 5.81. The van der Waals surface area contributed by atoms with Crippen molar-refractivity contribution < 1.29 is 0 Å². The first-order valence-corrected chi connectivity index (χ1v) is 7.99. The van der Waals surface area contributed by atoms with Crippen molar-refractivity contribution in [1.29, 1.82) is 0 Å². The van der Waals surface area contributed by atoms with E-state index in [1.165, 1.54) is 33.4 Å². The fourth-order valence-electron chi connectivity index (χ4n) is 3.06. The largest absolute Gasteiger partial charge is 0.0622 e. The van der Waals surface area contributed by atoms with Gasteiger partial charge in [-0.15, -0.1) is 0 Å². The van der Waals surface area contributed by atoms with E-state index in [0.29, 0.717) is 0 Å². The van der Waals surface area contributed by atoms with Crippen molar-refractivity contribution in [2.75, 3.05) is 0 Å². The van der Waals surface area contributed by atoms with Crippen LogP contribution in [0.1, 0.15) is 29.2 Å². The predicted molar refractivity (Wildman–Crippen MR) is 95.2 cm³/mol. The third kappa shape index (κ3) is 3.12. The van der Waals surface area contributed by atoms with Crippen molar-refractivity contribution in [3.05, 3.63) is 95.1 Å². The minimum absolute atomic E-state index is 0.994. The summed E-state index contributed by atoms with van der Waals surface area (Å²) in [7, 11) is 0. The highest BCUT2D eigenvalue weighted by atomic mass is 14.1. The Morgan fingerprint density at radius 1 is 0.727 bits per heavy atom. The molecule has 0 N–H and O–H groups in total. The van der Waals surface area contributed by atoms with Crippen LogP contribution < -0.4 is 0 Å². The highest BCUT2D eigenvalue weighted by Gasteiger charge is 2.08. The molecule has 0 amide bonds. The summed E-state index contributed by atoms with van der Waals surface area (Å²) in [6.45, 7) is 4.48. The van der Waals surface area contributed by atoms with Crippen LogP contribution in [0.3, 0.4) is 0 Å². The first kappa shape index (κ1) is 14.6. The molecule has 3 aromatic rings. The normalized spacial score (nSPS) is 10.6. The van der Waals surface area contributed by atoms with Crippen molar-refractivity contribution in [2.45, 2.75) is 26.7 Å². The molecule has 0 nitrogen and oxygen atoms in total. The zero-order valence-electron chi connectivity index (χ0n) is 13.3. The van der Waals surface area contributed by atoms with Gasteiger partial charge in [-0.1, -0.05) is 79.7 Å². The maximum Gasteiger partial charge on any atom is -0.00255 e. The quantitative estimate of drug-likeness (QED) is 0.567. The van der Waals surface area contributed by atoms with Gasteiger partial charge in [-0.3, -0.25) is 0 Å². The Morgan fingerprint density at radius 3 is 2.00 bits per heavy atom. The molecule has 0 unspecified atom stereocenters. The van der Waals surface area contributed by atoms with Gasteiger partial charge in [0.05, 0.1) is 0 Å². The van der Waals surface area contributed by atoms with Crippen molar-refractivity contribution >= 4 is 0 Å². The Labute approximate surface area is 133 Å². The summed E-state index contributed by atoms with van der Waals surface area (Å²) in [5.41, 5.74) is 8.30. The molecule has 0 saturated heterocycles. The van der Waals surface area contributed by atoms with E-state index in [1.54, 1.807) is 0 Å². The number of benzene rings is 3. The van der Waals surface area contributed by atoms with E-state index >= 15 is 0 Å². The third-order valence-electron chi connectivity index (χ3n) is 4.29. The maximum absolute atomic E-state index is 2.37. The number of hydrogen-bond acceptors (Lipinski definition) is 0. The summed E-state index contributed by atoms with van der Waals surface area (Å²) < 4.78 is 0. The van der Waals surface area contributed by atoms with Crippen LogP contribution in [0.2, 0.25) is 0 Å². The molecule has 0 spiro atoms. The molecule has 0 bridgehead atoms. The van der Waals surface area contributed by atoms with Crippen LogP contribution in [-0.2, 0) is 12.8 Å². The Hall–Kier alpha value is -2.34. The lowest BCUT2D eigenvalue weighted by Gasteiger charge is -2.14. The lowest BCUT2D eigenvalue weighted by Crippen LogP contribution is -1.96. The molecule has 0 aromatic heterocycles. The van der Waals surface area contributed by atoms with Crippen molar-refractivity contribution in [2.24, 2.45) is 0 Å². The second kappa shape index (κ2) is 6.62. The van der Waals surface area contributed by atoms with Crippen LogP contribution >= 0.6 is 0 Å². The van der Waals surface area contributed by atoms with E-state index in [1.807, 2.05) is 0 Å². The van der Waals surface area contributed by atoms with E-state index in [4.69, 9.17) is 0 Å². The van der Waals surface area contributed by atoms with Crippen molar-refractivity contribution in [1.82, 2.24) is 0 Å². The summed E-state index contributed by atoms with van der Waals surface area (Å²) in [6.07, 6.45) is 2.07. The molecule has 0 saturated carbocycles. The van der Waals surface area contributed by atoms with E-state index in [-0.39, 0.29) is 0 Å². The molecule has 0 fully saturated rings. The number of hydrogen-bond donors (Lipinski definition) is 0. The first-order valence-electron chi connectivity index (χ1n) is 7.99. The van der Waals surface area contributed by atoms with Crippen LogP contribution in [0.15, 0.2) is 72.8 Å². The lowest BCUT2D eigenvalue weighted by atomic mass is 9.91. The monoisotopic (exact) mass is 286 g/mol. The van der Waals surface area contributed by atoms with Gasteiger partial charge < -0.3 is 0 Å². The van der Waals surface area contributed by atoms with Gasteiger partial charge in [-0.25, -0.2) is 0 Å². The van der Waals surface area contributed by atoms with Gasteiger partial charge in [-0.2, -0.15) is 0 Å². The van der Waals surface area contributed by atoms with Gasteiger partial charge in [0.1, 0.15) is 0 Å². The topological polar surface area (TPSA) is 0 Å². The summed E-state index contributed by atoms with van der Waals surface area (Å²) in [4.78, 5) is 0. The summed E-state index contributed by atoms with van der Waals surface area (Å²) in [5.74, 6) is 0. The number of rotatable bonds is 4. The van der Waals surface area contributed by atoms with Crippen LogP contribution in [0.25, 0.3) is 11.1 Å². The Bertz CT molecular complexity index is 740. The molecule has 110 valence electrons. The van der Waals surface area contributed by atoms with Crippen molar-refractivity contribution in [3.8, 4) is 11.1 Å². The van der Waals surface area contributed by atoms with Gasteiger partial charge in [0, 0.05) is 0 Å². The third-order valence-corrected chi connectivity index (χ3v) is 4.29. The van der Waals surface area contributed by atoms with Crippen LogP contribution in [0, 0.1) is 6.92 Å². The smallest absolute Gasteiger partial charge is 0.00255 e. The minimum atomic E-state index is 0.994. The SMILES string of the molecule is CCc1cc(Cc2ccccc2)cc(-c2ccccc2)c1C. The van der Waals surface area contributed by atoms with Crippen LogP contribution in [0.4, 0.5) is 0 Å². The standard InChI is InChI=1S/C22H22/c1-3-20-15-19(14-18-10-6-4-7-11-18)16-22(17(20)2)21-12-8-5-9-13-21/h4-13,15-16H,3,14H2,1-2H3. The molecule has 0 aliphatic heterocycles. The fraction of sp³-hybridized carbons (Fsp3) is 0.182. The summed E-state index contributed by atoms with van der Waals surface area (Å²) >= 11 is 0. The van der Waals surface area contributed by atoms with Gasteiger partial charge in [0.15, 0.2) is 0 Å². The Kier molecular flexibility index (Phi) is 4.39. The molecule has 0 radical (unpaired) electrons. The molecular weight excluding hydrogens is 264 g/mol. The first-order chi connectivity index (χ1) is 10.8. The molecule has 0 aliphatic carbocycles. The van der Waals surface area contributed by atoms with E-state index < -0.39 is 0 Å². The minimum Gasteiger partial charge on any atom is -0.0622 e. The summed E-state index contributed by atoms with van der Waals surface area (Å²) in [5, 5.41) is 0. The second-order valence-electron chi connectivity index (χ2n) is 5.81. The van der Waals surface area contributed by atoms with E-state index in [2.05, 4.69) is 86.6 Å². The molecule has 0 heterocycles. The molecule has 0 aliphatic rings. The van der Waals surface area contributed by atoms with E-state index in [9.17, 15) is 0 Å². The molecule has 3 rings (SSSR count). The van der Waals surface area contributed by atoms with Crippen LogP contribution in [-0.4, -0.2) is 0 Å². The van der Waals surface area contributed by atoms with E-state index in [0.717, 1.165) is 12.8 Å². The zero-order chi connectivity index (χ0) is 15.4. The van der Waals surface area contributed by atoms with Gasteiger partial charge >= 0.3 is 0 Å². The molecule has 0 atom stereocenters. The zero-order valence-corrected chi connectivity index (χ0v) is 13.3. The van der Waals surface area contributed by atoms with Gasteiger partial charge in [-0.05, 0) is 53.1 Å². The van der Waals surface area contributed by atoms with Gasteiger partial charge in [0.2, 0.25) is 0 Å². The molecule has 0 heteroatoms. The number of aryl methyl sites for hydroxylation is 1. The highest BCUT2D eigenvalue weighted by Crippen LogP contribution is 2.28. The van der Waals surface area contributed by atoms with Crippen LogP contribution in [0.5, 0.6) is 0 Å². The van der Waals surface area contributed by atoms with Gasteiger partial charge in [0.25, 0.3) is 0 Å². The predicted octanol–water partition coefficient (Wildman–Crippen LogP) is 5.82. The molecular formula is C22H22. The molecule has 3 aromatic carbocycles. The Balaban J connectivity index is 2.05. The molecule has 22 heavy (non-hydrogen) atoms.